The lowest BCUT2D eigenvalue weighted by Crippen LogP contribution is -2.52. The van der Waals surface area contributed by atoms with Crippen LogP contribution in [0.1, 0.15) is 49.0 Å². The Morgan fingerprint density at radius 3 is 2.45 bits per heavy atom. The summed E-state index contributed by atoms with van der Waals surface area (Å²) in [5, 5.41) is 8.98. The number of aliphatic hydroxyl groups excluding tert-OH is 1. The van der Waals surface area contributed by atoms with Crippen molar-refractivity contribution < 1.29 is 19.4 Å². The van der Waals surface area contributed by atoms with E-state index < -0.39 is 11.6 Å². The summed E-state index contributed by atoms with van der Waals surface area (Å²) in [5.41, 5.74) is 7.34. The van der Waals surface area contributed by atoms with Crippen LogP contribution in [-0.2, 0) is 9.53 Å². The van der Waals surface area contributed by atoms with Gasteiger partial charge in [0.25, 0.3) is 5.91 Å². The van der Waals surface area contributed by atoms with E-state index in [1.165, 1.54) is 0 Å². The normalized spacial score (nSPS) is 18.7. The second-order valence-electron chi connectivity index (χ2n) is 9.10. The highest BCUT2D eigenvalue weighted by molar-refractivity contribution is 6.01. The van der Waals surface area contributed by atoms with Crippen molar-refractivity contribution in [2.45, 2.75) is 37.8 Å². The molecule has 7 heteroatoms. The van der Waals surface area contributed by atoms with Crippen molar-refractivity contribution in [3.63, 3.8) is 0 Å². The van der Waals surface area contributed by atoms with Gasteiger partial charge in [0, 0.05) is 31.6 Å². The van der Waals surface area contributed by atoms with Crippen LogP contribution >= 0.6 is 0 Å². The topological polar surface area (TPSA) is 92.2 Å². The van der Waals surface area contributed by atoms with Crippen molar-refractivity contribution in [2.24, 2.45) is 4.99 Å². The summed E-state index contributed by atoms with van der Waals surface area (Å²) < 4.78 is 12.1. The quantitative estimate of drug-likeness (QED) is 0.225. The molecule has 0 unspecified atom stereocenters. The molecular weight excluding hydrogens is 478 g/mol. The molecule has 0 aromatic heterocycles. The van der Waals surface area contributed by atoms with E-state index in [1.807, 2.05) is 104 Å². The van der Waals surface area contributed by atoms with E-state index in [0.29, 0.717) is 37.6 Å². The van der Waals surface area contributed by atoms with E-state index in [1.54, 1.807) is 0 Å². The summed E-state index contributed by atoms with van der Waals surface area (Å²) in [4.78, 5) is 18.8. The first kappa shape index (κ1) is 27.1. The summed E-state index contributed by atoms with van der Waals surface area (Å²) >= 11 is 0. The summed E-state index contributed by atoms with van der Waals surface area (Å²) in [6.45, 7) is 3.20. The third-order valence-electron chi connectivity index (χ3n) is 6.25. The van der Waals surface area contributed by atoms with E-state index in [-0.39, 0.29) is 12.5 Å². The van der Waals surface area contributed by atoms with Gasteiger partial charge >= 0.3 is 0 Å². The van der Waals surface area contributed by atoms with Crippen LogP contribution in [0.3, 0.4) is 0 Å². The zero-order valence-corrected chi connectivity index (χ0v) is 21.7. The van der Waals surface area contributed by atoms with Crippen LogP contribution in [-0.4, -0.2) is 42.2 Å². The second-order valence-corrected chi connectivity index (χ2v) is 9.10. The van der Waals surface area contributed by atoms with Crippen LogP contribution in [0.15, 0.2) is 96.0 Å². The van der Waals surface area contributed by atoms with Crippen LogP contribution in [0.5, 0.6) is 5.75 Å². The fraction of sp³-hybridized carbons (Fsp3) is 0.290. The number of carbonyl (C=O) groups is 1. The molecule has 1 amide bonds. The molecule has 3 aromatic rings. The lowest BCUT2D eigenvalue weighted by atomic mass is 9.84. The van der Waals surface area contributed by atoms with E-state index in [0.717, 1.165) is 23.1 Å². The first-order valence-electron chi connectivity index (χ1n) is 13.1. The zero-order chi connectivity index (χ0) is 26.6. The van der Waals surface area contributed by atoms with Gasteiger partial charge in [-0.1, -0.05) is 79.7 Å². The van der Waals surface area contributed by atoms with Crippen molar-refractivity contribution in [3.8, 4) is 5.75 Å². The van der Waals surface area contributed by atoms with Gasteiger partial charge in [-0.3, -0.25) is 10.2 Å². The Morgan fingerprint density at radius 2 is 1.76 bits per heavy atom. The highest BCUT2D eigenvalue weighted by Crippen LogP contribution is 2.42. The first-order chi connectivity index (χ1) is 18.7. The number of hydrogen-bond acceptors (Lipinski definition) is 6. The number of aliphatic imine (C=N–C) groups is 1. The molecule has 0 aliphatic carbocycles. The van der Waals surface area contributed by atoms with Crippen LogP contribution in [0.2, 0.25) is 0 Å². The van der Waals surface area contributed by atoms with Gasteiger partial charge in [0.1, 0.15) is 5.75 Å². The molecule has 2 atom stereocenters. The Balaban J connectivity index is 1.69. The molecule has 3 N–H and O–H groups in total. The lowest BCUT2D eigenvalue weighted by molar-refractivity contribution is -0.129. The maximum Gasteiger partial charge on any atom is 0.266 e. The molecule has 4 rings (SSSR count). The molecular formula is C31H35N3O4. The summed E-state index contributed by atoms with van der Waals surface area (Å²) in [5.74, 6) is 0.843. The molecule has 1 aliphatic rings. The van der Waals surface area contributed by atoms with Gasteiger partial charge < -0.3 is 14.6 Å². The van der Waals surface area contributed by atoms with E-state index >= 15 is 0 Å². The molecule has 0 radical (unpaired) electrons. The third-order valence-corrected chi connectivity index (χ3v) is 6.25. The highest BCUT2D eigenvalue weighted by Gasteiger charge is 2.52. The number of carbonyl (C=O) groups excluding carboxylic acids is 1. The van der Waals surface area contributed by atoms with Crippen molar-refractivity contribution in [2.75, 3.05) is 19.8 Å². The molecule has 0 saturated carbocycles. The molecule has 1 heterocycles. The largest absolute Gasteiger partial charge is 0.494 e. The minimum absolute atomic E-state index is 0.0829. The van der Waals surface area contributed by atoms with Crippen LogP contribution in [0.25, 0.3) is 6.08 Å². The van der Waals surface area contributed by atoms with Gasteiger partial charge in [0.2, 0.25) is 5.90 Å². The number of nitrogens with zero attached hydrogens (tertiary/aromatic N) is 1. The highest BCUT2D eigenvalue weighted by atomic mass is 16.5. The van der Waals surface area contributed by atoms with Crippen LogP contribution in [0, 0.1) is 0 Å². The number of aliphatic hydroxyl groups is 1. The van der Waals surface area contributed by atoms with Gasteiger partial charge in [-0.25, -0.2) is 10.4 Å². The van der Waals surface area contributed by atoms with Crippen molar-refractivity contribution in [1.82, 2.24) is 10.9 Å². The van der Waals surface area contributed by atoms with E-state index in [9.17, 15) is 4.79 Å². The molecule has 198 valence electrons. The monoisotopic (exact) mass is 513 g/mol. The Hall–Kier alpha value is -3.94. The van der Waals surface area contributed by atoms with E-state index in [2.05, 4.69) is 10.9 Å². The van der Waals surface area contributed by atoms with Crippen molar-refractivity contribution >= 4 is 17.9 Å². The number of rotatable bonds is 13. The second kappa shape index (κ2) is 13.6. The molecule has 3 aromatic carbocycles. The zero-order valence-electron chi connectivity index (χ0n) is 21.7. The molecule has 0 saturated heterocycles. The summed E-state index contributed by atoms with van der Waals surface area (Å²) in [6.07, 6.45) is 5.15. The van der Waals surface area contributed by atoms with Gasteiger partial charge in [-0.15, -0.1) is 0 Å². The third kappa shape index (κ3) is 6.68. The Bertz CT molecular complexity index is 1210. The fourth-order valence-corrected chi connectivity index (χ4v) is 4.26. The lowest BCUT2D eigenvalue weighted by Gasteiger charge is -2.29. The maximum absolute atomic E-state index is 13.8. The predicted octanol–water partition coefficient (Wildman–Crippen LogP) is 4.84. The Morgan fingerprint density at radius 1 is 1.05 bits per heavy atom. The number of nitrogens with one attached hydrogen (secondary N) is 2. The summed E-state index contributed by atoms with van der Waals surface area (Å²) in [7, 11) is 0. The Labute approximate surface area is 224 Å². The smallest absolute Gasteiger partial charge is 0.266 e. The molecule has 1 aliphatic heterocycles. The van der Waals surface area contributed by atoms with Gasteiger partial charge in [-0.05, 0) is 41.8 Å². The average Bonchev–Trinajstić information content (AvgIpc) is 3.35. The number of amides is 1. The van der Waals surface area contributed by atoms with E-state index in [4.69, 9.17) is 19.6 Å². The van der Waals surface area contributed by atoms with Crippen LogP contribution < -0.4 is 15.6 Å². The minimum Gasteiger partial charge on any atom is -0.494 e. The molecule has 0 spiro atoms. The fourth-order valence-electron chi connectivity index (χ4n) is 4.26. The summed E-state index contributed by atoms with van der Waals surface area (Å²) in [6, 6.07) is 27.1. The van der Waals surface area contributed by atoms with Crippen molar-refractivity contribution in [3.05, 3.63) is 108 Å². The molecule has 38 heavy (non-hydrogen) atoms. The SMILES string of the molecule is CCCNNC(=O)[C@@]1(C/C=C/c2ccccc2)N=C(c2ccc(OCCCO)cc2)O[C@H]1c1ccccc1. The predicted molar refractivity (Wildman–Crippen MR) is 150 cm³/mol. The van der Waals surface area contributed by atoms with Gasteiger partial charge in [0.15, 0.2) is 11.6 Å². The van der Waals surface area contributed by atoms with Crippen molar-refractivity contribution in [1.29, 1.82) is 0 Å². The Kier molecular flexibility index (Phi) is 9.67. The number of hydrogen-bond donors (Lipinski definition) is 3. The molecule has 7 nitrogen and oxygen atoms in total. The maximum atomic E-state index is 13.8. The van der Waals surface area contributed by atoms with Gasteiger partial charge in [-0.2, -0.15) is 0 Å². The molecule has 0 fully saturated rings. The van der Waals surface area contributed by atoms with Crippen LogP contribution in [0.4, 0.5) is 0 Å². The minimum atomic E-state index is -1.22. The number of benzene rings is 3. The molecule has 0 bridgehead atoms. The number of ether oxygens (including phenoxy) is 2. The van der Waals surface area contributed by atoms with Gasteiger partial charge in [0.05, 0.1) is 6.61 Å². The first-order valence-corrected chi connectivity index (χ1v) is 13.1. The standard InChI is InChI=1S/C31H35N3O4/c1-2-21-32-34-30(36)31(20-9-13-24-11-5-3-6-12-24)28(25-14-7-4-8-15-25)38-29(33-31)26-16-18-27(19-17-26)37-23-10-22-35/h3-9,11-19,28,32,35H,2,10,20-23H2,1H3,(H,34,36)/b13-9+/t28-,31-/m0/s1. The average molecular weight is 514 g/mol. The number of hydrazine groups is 1.